The molecule has 3 amide bonds. The Morgan fingerprint density at radius 2 is 1.75 bits per heavy atom. The normalized spacial score (nSPS) is 17.9. The van der Waals surface area contributed by atoms with E-state index in [0.29, 0.717) is 31.7 Å². The van der Waals surface area contributed by atoms with Crippen LogP contribution in [0.1, 0.15) is 61.1 Å². The molecule has 1 saturated carbocycles. The third-order valence-corrected chi connectivity index (χ3v) is 6.65. The standard InChI is InChI=1S/C23H28ClFN4O3/c1-14-19(21(28-32-14)20-17(24)8-5-9-18(20)25)22(30)29-12-10-16(11-13-29)27-23(31)26-15-6-3-2-4-7-15/h5,8-9,15-16H,2-4,6-7,10-13H2,1H3,(H2,26,27,31). The second kappa shape index (κ2) is 9.90. The molecule has 0 bridgehead atoms. The average molecular weight is 463 g/mol. The van der Waals surface area contributed by atoms with Gasteiger partial charge in [0.25, 0.3) is 5.91 Å². The lowest BCUT2D eigenvalue weighted by atomic mass is 9.96. The topological polar surface area (TPSA) is 87.5 Å². The van der Waals surface area contributed by atoms with E-state index in [4.69, 9.17) is 16.1 Å². The third kappa shape index (κ3) is 4.90. The zero-order chi connectivity index (χ0) is 22.7. The van der Waals surface area contributed by atoms with Gasteiger partial charge in [0.05, 0.1) is 10.6 Å². The summed E-state index contributed by atoms with van der Waals surface area (Å²) in [5, 5.41) is 10.2. The van der Waals surface area contributed by atoms with Crippen molar-refractivity contribution in [1.29, 1.82) is 0 Å². The van der Waals surface area contributed by atoms with Gasteiger partial charge in [0, 0.05) is 25.2 Å². The largest absolute Gasteiger partial charge is 0.360 e. The lowest BCUT2D eigenvalue weighted by Crippen LogP contribution is -2.51. The summed E-state index contributed by atoms with van der Waals surface area (Å²) in [5.41, 5.74) is 0.395. The maximum absolute atomic E-state index is 14.4. The van der Waals surface area contributed by atoms with Gasteiger partial charge in [-0.1, -0.05) is 42.1 Å². The molecule has 0 spiro atoms. The molecule has 1 saturated heterocycles. The Bertz CT molecular complexity index is 961. The number of rotatable bonds is 4. The van der Waals surface area contributed by atoms with Crippen LogP contribution in [0.15, 0.2) is 22.7 Å². The van der Waals surface area contributed by atoms with Crippen LogP contribution in [-0.4, -0.2) is 47.2 Å². The van der Waals surface area contributed by atoms with E-state index < -0.39 is 5.82 Å². The summed E-state index contributed by atoms with van der Waals surface area (Å²) in [4.78, 5) is 27.3. The number of urea groups is 1. The summed E-state index contributed by atoms with van der Waals surface area (Å²) >= 11 is 6.18. The Morgan fingerprint density at radius 3 is 2.41 bits per heavy atom. The molecule has 2 N–H and O–H groups in total. The quantitative estimate of drug-likeness (QED) is 0.690. The third-order valence-electron chi connectivity index (χ3n) is 6.33. The predicted molar refractivity (Wildman–Crippen MR) is 119 cm³/mol. The van der Waals surface area contributed by atoms with Crippen molar-refractivity contribution in [3.63, 3.8) is 0 Å². The minimum atomic E-state index is -0.563. The van der Waals surface area contributed by atoms with Gasteiger partial charge in [-0.2, -0.15) is 0 Å². The van der Waals surface area contributed by atoms with Crippen LogP contribution in [0.2, 0.25) is 5.02 Å². The Balaban J connectivity index is 1.38. The van der Waals surface area contributed by atoms with Crippen molar-refractivity contribution in [2.75, 3.05) is 13.1 Å². The smallest absolute Gasteiger partial charge is 0.315 e. The number of benzene rings is 1. The van der Waals surface area contributed by atoms with E-state index >= 15 is 0 Å². The average Bonchev–Trinajstić information content (AvgIpc) is 3.15. The zero-order valence-electron chi connectivity index (χ0n) is 18.1. The predicted octanol–water partition coefficient (Wildman–Crippen LogP) is 4.68. The summed E-state index contributed by atoms with van der Waals surface area (Å²) in [7, 11) is 0. The highest BCUT2D eigenvalue weighted by molar-refractivity contribution is 6.33. The Kier molecular flexibility index (Phi) is 6.98. The highest BCUT2D eigenvalue weighted by atomic mass is 35.5. The first-order valence-electron chi connectivity index (χ1n) is 11.2. The van der Waals surface area contributed by atoms with Gasteiger partial charge in [0.2, 0.25) is 0 Å². The van der Waals surface area contributed by atoms with Crippen molar-refractivity contribution >= 4 is 23.5 Å². The van der Waals surface area contributed by atoms with Gasteiger partial charge in [-0.3, -0.25) is 4.79 Å². The van der Waals surface area contributed by atoms with Crippen molar-refractivity contribution in [1.82, 2.24) is 20.7 Å². The van der Waals surface area contributed by atoms with Gasteiger partial charge in [-0.15, -0.1) is 0 Å². The van der Waals surface area contributed by atoms with E-state index in [1.54, 1.807) is 17.9 Å². The zero-order valence-corrected chi connectivity index (χ0v) is 18.9. The molecule has 0 unspecified atom stereocenters. The number of carbonyl (C=O) groups is 2. The van der Waals surface area contributed by atoms with E-state index in [1.165, 1.54) is 18.6 Å². The molecular weight excluding hydrogens is 435 g/mol. The number of piperidine rings is 1. The van der Waals surface area contributed by atoms with Gasteiger partial charge in [0.1, 0.15) is 22.8 Å². The number of hydrogen-bond donors (Lipinski definition) is 2. The SMILES string of the molecule is Cc1onc(-c2c(F)cccc2Cl)c1C(=O)N1CCC(NC(=O)NC2CCCCC2)CC1. The number of hydrogen-bond acceptors (Lipinski definition) is 4. The fourth-order valence-electron chi connectivity index (χ4n) is 4.56. The molecule has 1 aliphatic heterocycles. The summed E-state index contributed by atoms with van der Waals surface area (Å²) in [6.07, 6.45) is 6.91. The van der Waals surface area contributed by atoms with Crippen LogP contribution in [0.4, 0.5) is 9.18 Å². The summed E-state index contributed by atoms with van der Waals surface area (Å²) < 4.78 is 19.7. The molecule has 1 aromatic carbocycles. The molecule has 0 atom stereocenters. The molecule has 32 heavy (non-hydrogen) atoms. The maximum atomic E-state index is 14.4. The number of carbonyl (C=O) groups excluding carboxylic acids is 2. The van der Waals surface area contributed by atoms with E-state index in [1.807, 2.05) is 0 Å². The molecular formula is C23H28ClFN4O3. The number of likely N-dealkylation sites (tertiary alicyclic amines) is 1. The van der Waals surface area contributed by atoms with Crippen LogP contribution in [0.25, 0.3) is 11.3 Å². The Labute approximate surface area is 191 Å². The Hall–Kier alpha value is -2.61. The summed E-state index contributed by atoms with van der Waals surface area (Å²) in [5.74, 6) is -0.522. The first-order chi connectivity index (χ1) is 15.4. The highest BCUT2D eigenvalue weighted by Gasteiger charge is 2.31. The van der Waals surface area contributed by atoms with Crippen LogP contribution in [0, 0.1) is 12.7 Å². The van der Waals surface area contributed by atoms with E-state index in [-0.39, 0.29) is 45.9 Å². The van der Waals surface area contributed by atoms with Crippen LogP contribution in [0.3, 0.4) is 0 Å². The van der Waals surface area contributed by atoms with Crippen molar-refractivity contribution in [2.45, 2.75) is 64.0 Å². The van der Waals surface area contributed by atoms with Crippen LogP contribution >= 0.6 is 11.6 Å². The summed E-state index contributed by atoms with van der Waals surface area (Å²) in [6, 6.07) is 4.45. The van der Waals surface area contributed by atoms with Crippen molar-refractivity contribution in [3.8, 4) is 11.3 Å². The lowest BCUT2D eigenvalue weighted by molar-refractivity contribution is 0.0707. The first-order valence-corrected chi connectivity index (χ1v) is 11.6. The van der Waals surface area contributed by atoms with Gasteiger partial charge < -0.3 is 20.1 Å². The lowest BCUT2D eigenvalue weighted by Gasteiger charge is -2.33. The second-order valence-electron chi connectivity index (χ2n) is 8.58. The molecule has 2 aromatic rings. The number of nitrogens with zero attached hydrogens (tertiary/aromatic N) is 2. The number of amides is 3. The molecule has 2 heterocycles. The molecule has 9 heteroatoms. The van der Waals surface area contributed by atoms with Crippen LogP contribution < -0.4 is 10.6 Å². The molecule has 1 aliphatic carbocycles. The van der Waals surface area contributed by atoms with E-state index in [9.17, 15) is 14.0 Å². The fraction of sp³-hybridized carbons (Fsp3) is 0.522. The van der Waals surface area contributed by atoms with Crippen molar-refractivity contribution < 1.29 is 18.5 Å². The maximum Gasteiger partial charge on any atom is 0.315 e. The highest BCUT2D eigenvalue weighted by Crippen LogP contribution is 2.34. The molecule has 2 fully saturated rings. The molecule has 4 rings (SSSR count). The van der Waals surface area contributed by atoms with Crippen LogP contribution in [0.5, 0.6) is 0 Å². The summed E-state index contributed by atoms with van der Waals surface area (Å²) in [6.45, 7) is 2.58. The monoisotopic (exact) mass is 462 g/mol. The Morgan fingerprint density at radius 1 is 1.09 bits per heavy atom. The van der Waals surface area contributed by atoms with Gasteiger partial charge in [-0.05, 0) is 44.7 Å². The number of nitrogens with one attached hydrogen (secondary N) is 2. The minimum Gasteiger partial charge on any atom is -0.360 e. The number of aromatic nitrogens is 1. The fourth-order valence-corrected chi connectivity index (χ4v) is 4.82. The first kappa shape index (κ1) is 22.6. The molecule has 172 valence electrons. The molecule has 7 nitrogen and oxygen atoms in total. The molecule has 1 aromatic heterocycles. The van der Waals surface area contributed by atoms with E-state index in [2.05, 4.69) is 15.8 Å². The van der Waals surface area contributed by atoms with Crippen molar-refractivity contribution in [3.05, 3.63) is 40.4 Å². The van der Waals surface area contributed by atoms with Gasteiger partial charge in [-0.25, -0.2) is 9.18 Å². The van der Waals surface area contributed by atoms with Gasteiger partial charge >= 0.3 is 6.03 Å². The number of aryl methyl sites for hydroxylation is 1. The molecule has 0 radical (unpaired) electrons. The van der Waals surface area contributed by atoms with Gasteiger partial charge in [0.15, 0.2) is 0 Å². The van der Waals surface area contributed by atoms with Crippen LogP contribution in [-0.2, 0) is 0 Å². The minimum absolute atomic E-state index is 0.00620. The van der Waals surface area contributed by atoms with Crippen molar-refractivity contribution in [2.24, 2.45) is 0 Å². The molecule has 2 aliphatic rings. The van der Waals surface area contributed by atoms with E-state index in [0.717, 1.165) is 25.7 Å². The number of halogens is 2. The second-order valence-corrected chi connectivity index (χ2v) is 8.99.